The molecule has 1 aliphatic heterocycles. The third-order valence-electron chi connectivity index (χ3n) is 5.55. The third-order valence-corrected chi connectivity index (χ3v) is 5.86. The lowest BCUT2D eigenvalue weighted by atomic mass is 10.1. The molecule has 0 fully saturated rings. The summed E-state index contributed by atoms with van der Waals surface area (Å²) < 4.78 is 15.5. The Balaban J connectivity index is 1.71. The first kappa shape index (κ1) is 30.4. The van der Waals surface area contributed by atoms with E-state index in [0.29, 0.717) is 17.0 Å². The number of benzene rings is 2. The molecule has 0 bridgehead atoms. The number of anilines is 1. The highest BCUT2D eigenvalue weighted by Gasteiger charge is 2.31. The molecule has 0 aliphatic carbocycles. The molecule has 0 saturated carbocycles. The van der Waals surface area contributed by atoms with Crippen LogP contribution in [0.1, 0.15) is 43.6 Å². The second-order valence-electron chi connectivity index (χ2n) is 9.96. The molecule has 0 spiro atoms. The van der Waals surface area contributed by atoms with Gasteiger partial charge in [0.05, 0.1) is 17.1 Å². The monoisotopic (exact) mass is 573 g/mol. The van der Waals surface area contributed by atoms with Crippen molar-refractivity contribution in [1.29, 1.82) is 0 Å². The summed E-state index contributed by atoms with van der Waals surface area (Å²) in [7, 11) is 0. The number of carbonyl (C=O) groups is 5. The van der Waals surface area contributed by atoms with Gasteiger partial charge in [-0.25, -0.2) is 0 Å². The van der Waals surface area contributed by atoms with Gasteiger partial charge in [-0.05, 0) is 50.6 Å². The van der Waals surface area contributed by atoms with Crippen molar-refractivity contribution >= 4 is 46.9 Å². The zero-order valence-electron chi connectivity index (χ0n) is 22.8. The van der Waals surface area contributed by atoms with Gasteiger partial charge in [0, 0.05) is 19.2 Å². The van der Waals surface area contributed by atoms with Gasteiger partial charge in [-0.2, -0.15) is 0 Å². The molecule has 1 heterocycles. The van der Waals surface area contributed by atoms with Gasteiger partial charge in [0.25, 0.3) is 5.91 Å². The van der Waals surface area contributed by atoms with Crippen molar-refractivity contribution < 1.29 is 38.2 Å². The summed E-state index contributed by atoms with van der Waals surface area (Å²) in [5, 5.41) is 2.59. The summed E-state index contributed by atoms with van der Waals surface area (Å²) in [4.78, 5) is 64.8. The summed E-state index contributed by atoms with van der Waals surface area (Å²) >= 11 is 6.41. The summed E-state index contributed by atoms with van der Waals surface area (Å²) in [6.45, 7) is 5.74. The minimum atomic E-state index is -0.691. The first-order valence-electron chi connectivity index (χ1n) is 12.6. The van der Waals surface area contributed by atoms with Crippen molar-refractivity contribution in [2.75, 3.05) is 37.7 Å². The molecule has 0 saturated heterocycles. The number of para-hydroxylation sites is 1. The van der Waals surface area contributed by atoms with Gasteiger partial charge in [0.2, 0.25) is 11.8 Å². The van der Waals surface area contributed by atoms with Crippen LogP contribution in [0.4, 0.5) is 5.69 Å². The molecule has 214 valence electrons. The fourth-order valence-corrected chi connectivity index (χ4v) is 4.13. The quantitative estimate of drug-likeness (QED) is 0.358. The number of nitrogens with one attached hydrogen (secondary N) is 1. The first-order chi connectivity index (χ1) is 18.8. The molecule has 12 heteroatoms. The minimum absolute atomic E-state index is 0.0653. The van der Waals surface area contributed by atoms with Crippen LogP contribution in [0.3, 0.4) is 0 Å². The van der Waals surface area contributed by atoms with Crippen molar-refractivity contribution in [2.45, 2.75) is 39.8 Å². The van der Waals surface area contributed by atoms with Crippen molar-refractivity contribution in [1.82, 2.24) is 10.2 Å². The number of hydrogen-bond donors (Lipinski definition) is 1. The Labute approximate surface area is 237 Å². The minimum Gasteiger partial charge on any atom is -0.490 e. The van der Waals surface area contributed by atoms with E-state index in [-0.39, 0.29) is 50.0 Å². The number of halogens is 1. The topological polar surface area (TPSA) is 132 Å². The summed E-state index contributed by atoms with van der Waals surface area (Å²) in [5.74, 6) is -2.14. The highest BCUT2D eigenvalue weighted by atomic mass is 35.5. The van der Waals surface area contributed by atoms with Crippen molar-refractivity contribution in [3.63, 3.8) is 0 Å². The molecule has 3 amide bonds. The van der Waals surface area contributed by atoms with E-state index >= 15 is 0 Å². The van der Waals surface area contributed by atoms with Crippen LogP contribution >= 0.6 is 11.6 Å². The predicted molar refractivity (Wildman–Crippen MR) is 146 cm³/mol. The summed E-state index contributed by atoms with van der Waals surface area (Å²) in [6.07, 6.45) is 0. The van der Waals surface area contributed by atoms with Gasteiger partial charge < -0.3 is 24.4 Å². The van der Waals surface area contributed by atoms with Crippen LogP contribution in [0.2, 0.25) is 5.02 Å². The van der Waals surface area contributed by atoms with Crippen molar-refractivity contribution in [3.8, 4) is 5.75 Å². The van der Waals surface area contributed by atoms with E-state index in [2.05, 4.69) is 5.32 Å². The molecule has 1 N–H and O–H groups in total. The predicted octanol–water partition coefficient (Wildman–Crippen LogP) is 2.73. The lowest BCUT2D eigenvalue weighted by molar-refractivity contribution is -0.154. The van der Waals surface area contributed by atoms with E-state index in [4.69, 9.17) is 25.8 Å². The molecule has 2 aromatic rings. The largest absolute Gasteiger partial charge is 0.490 e. The van der Waals surface area contributed by atoms with Crippen LogP contribution in [-0.4, -0.2) is 73.0 Å². The molecule has 0 radical (unpaired) electrons. The molecule has 11 nitrogen and oxygen atoms in total. The van der Waals surface area contributed by atoms with Gasteiger partial charge in [0.1, 0.15) is 37.7 Å². The van der Waals surface area contributed by atoms with Crippen LogP contribution in [0, 0.1) is 0 Å². The van der Waals surface area contributed by atoms with Crippen LogP contribution < -0.4 is 15.0 Å². The van der Waals surface area contributed by atoms with E-state index in [1.807, 2.05) is 0 Å². The first-order valence-corrected chi connectivity index (χ1v) is 12.9. The van der Waals surface area contributed by atoms with E-state index in [1.165, 1.54) is 28.9 Å². The maximum Gasteiger partial charge on any atom is 0.325 e. The fourth-order valence-electron chi connectivity index (χ4n) is 3.87. The zero-order valence-corrected chi connectivity index (χ0v) is 23.6. The number of hydrogen-bond acceptors (Lipinski definition) is 8. The molecule has 1 aliphatic rings. The average Bonchev–Trinajstić information content (AvgIpc) is 3.00. The molecule has 3 rings (SSSR count). The lowest BCUT2D eigenvalue weighted by Crippen LogP contribution is -2.45. The number of amides is 3. The highest BCUT2D eigenvalue weighted by Crippen LogP contribution is 2.30. The molecule has 40 heavy (non-hydrogen) atoms. The Kier molecular flexibility index (Phi) is 10.1. The number of ether oxygens (including phenoxy) is 3. The van der Waals surface area contributed by atoms with Gasteiger partial charge in [-0.3, -0.25) is 28.9 Å². The van der Waals surface area contributed by atoms with Gasteiger partial charge in [-0.15, -0.1) is 0 Å². The van der Waals surface area contributed by atoms with Gasteiger partial charge in [-0.1, -0.05) is 29.8 Å². The Morgan fingerprint density at radius 2 is 1.75 bits per heavy atom. The second-order valence-corrected chi connectivity index (χ2v) is 10.4. The maximum absolute atomic E-state index is 13.6. The van der Waals surface area contributed by atoms with Crippen molar-refractivity contribution in [2.24, 2.45) is 0 Å². The number of carbonyl (C=O) groups excluding carboxylic acids is 5. The Morgan fingerprint density at radius 3 is 2.42 bits per heavy atom. The van der Waals surface area contributed by atoms with Gasteiger partial charge in [0.15, 0.2) is 0 Å². The molecular weight excluding hydrogens is 542 g/mol. The van der Waals surface area contributed by atoms with E-state index in [0.717, 1.165) is 0 Å². The zero-order chi connectivity index (χ0) is 29.4. The molecule has 0 aromatic heterocycles. The maximum atomic E-state index is 13.6. The summed E-state index contributed by atoms with van der Waals surface area (Å²) in [6, 6.07) is 11.5. The number of rotatable bonds is 9. The SMILES string of the molecule is CC(=O)OCCOc1ccc(C(=O)N2CC(=O)N(CC(=O)NCC(=O)OC(C)(C)C)Cc3ccccc32)c(Cl)c1. The fraction of sp³-hybridized carbons (Fsp3) is 0.393. The smallest absolute Gasteiger partial charge is 0.325 e. The van der Waals surface area contributed by atoms with E-state index < -0.39 is 35.3 Å². The van der Waals surface area contributed by atoms with Gasteiger partial charge >= 0.3 is 11.9 Å². The van der Waals surface area contributed by atoms with Crippen LogP contribution in [-0.2, 0) is 35.2 Å². The standard InChI is InChI=1S/C28H32ClN3O8/c1-18(33)38-11-12-39-20-9-10-21(22(29)13-20)27(37)32-17-25(35)31(15-19-7-5-6-8-23(19)32)16-24(34)30-14-26(36)40-28(2,3)4/h5-10,13H,11-12,14-17H2,1-4H3,(H,30,34). The van der Waals surface area contributed by atoms with Crippen LogP contribution in [0.15, 0.2) is 42.5 Å². The normalized spacial score (nSPS) is 13.2. The lowest BCUT2D eigenvalue weighted by Gasteiger charge is -2.23. The summed E-state index contributed by atoms with van der Waals surface area (Å²) in [5.41, 5.74) is 0.627. The van der Waals surface area contributed by atoms with Crippen LogP contribution in [0.25, 0.3) is 0 Å². The molecular formula is C28H32ClN3O8. The highest BCUT2D eigenvalue weighted by molar-refractivity contribution is 6.34. The molecule has 0 unspecified atom stereocenters. The van der Waals surface area contributed by atoms with E-state index in [9.17, 15) is 24.0 Å². The third kappa shape index (κ3) is 8.70. The number of fused-ring (bicyclic) bond motifs is 1. The molecule has 0 atom stereocenters. The number of nitrogens with zero attached hydrogens (tertiary/aromatic N) is 2. The molecule has 2 aromatic carbocycles. The number of esters is 2. The average molecular weight is 574 g/mol. The Hall–Kier alpha value is -4.12. The van der Waals surface area contributed by atoms with Crippen LogP contribution in [0.5, 0.6) is 5.75 Å². The Bertz CT molecular complexity index is 1290. The second kappa shape index (κ2) is 13.3. The van der Waals surface area contributed by atoms with E-state index in [1.54, 1.807) is 51.1 Å². The Morgan fingerprint density at radius 1 is 1.02 bits per heavy atom. The van der Waals surface area contributed by atoms with Crippen molar-refractivity contribution in [3.05, 3.63) is 58.6 Å².